The van der Waals surface area contributed by atoms with E-state index in [1.165, 1.54) is 11.3 Å². The van der Waals surface area contributed by atoms with Crippen molar-refractivity contribution in [2.75, 3.05) is 13.2 Å². The summed E-state index contributed by atoms with van der Waals surface area (Å²) in [6.07, 6.45) is 4.08. The van der Waals surface area contributed by atoms with Gasteiger partial charge in [0.25, 0.3) is 0 Å². The molecule has 2 aromatic rings. The predicted octanol–water partition coefficient (Wildman–Crippen LogP) is 3.16. The number of rotatable bonds is 9. The molecule has 0 bridgehead atoms. The van der Waals surface area contributed by atoms with Gasteiger partial charge in [0.15, 0.2) is 0 Å². The topological polar surface area (TPSA) is 39.1 Å². The summed E-state index contributed by atoms with van der Waals surface area (Å²) in [6, 6.07) is 9.94. The van der Waals surface area contributed by atoms with E-state index in [1.54, 1.807) is 0 Å². The van der Waals surface area contributed by atoms with Crippen LogP contribution in [0.5, 0.6) is 5.75 Å². The van der Waals surface area contributed by atoms with E-state index in [4.69, 9.17) is 4.74 Å². The van der Waals surface area contributed by atoms with Crippen LogP contribution in [-0.4, -0.2) is 22.9 Å². The molecule has 0 aliphatic rings. The van der Waals surface area contributed by atoms with Crippen LogP contribution in [0.3, 0.4) is 0 Å². The van der Waals surface area contributed by atoms with Gasteiger partial charge in [-0.15, -0.1) is 0 Å². The molecule has 0 amide bonds. The molecular weight excluding hydrogens is 262 g/mol. The molecule has 0 aliphatic heterocycles. The number of benzene rings is 1. The summed E-state index contributed by atoms with van der Waals surface area (Å²) < 4.78 is 7.77. The molecule has 4 nitrogen and oxygen atoms in total. The molecule has 21 heavy (non-hydrogen) atoms. The van der Waals surface area contributed by atoms with Crippen LogP contribution in [0.4, 0.5) is 0 Å². The predicted molar refractivity (Wildman–Crippen MR) is 85.5 cm³/mol. The van der Waals surface area contributed by atoms with Crippen LogP contribution in [0.1, 0.15) is 31.0 Å². The van der Waals surface area contributed by atoms with Crippen LogP contribution in [-0.2, 0) is 13.1 Å². The molecule has 1 heterocycles. The third-order valence-corrected chi connectivity index (χ3v) is 3.47. The smallest absolute Gasteiger partial charge is 0.119 e. The van der Waals surface area contributed by atoms with Crippen LogP contribution in [0, 0.1) is 6.92 Å². The highest BCUT2D eigenvalue weighted by Crippen LogP contribution is 2.10. The second-order valence-corrected chi connectivity index (χ2v) is 5.17. The zero-order valence-corrected chi connectivity index (χ0v) is 13.0. The van der Waals surface area contributed by atoms with E-state index < -0.39 is 0 Å². The van der Waals surface area contributed by atoms with Gasteiger partial charge < -0.3 is 10.1 Å². The minimum atomic E-state index is 0.715. The van der Waals surface area contributed by atoms with Crippen LogP contribution in [0.25, 0.3) is 0 Å². The maximum absolute atomic E-state index is 5.70. The lowest BCUT2D eigenvalue weighted by Crippen LogP contribution is -2.14. The maximum atomic E-state index is 5.70. The second kappa shape index (κ2) is 8.47. The Morgan fingerprint density at radius 1 is 1.24 bits per heavy atom. The molecule has 0 aliphatic carbocycles. The Kier molecular flexibility index (Phi) is 6.28. The Morgan fingerprint density at radius 3 is 2.81 bits per heavy atom. The van der Waals surface area contributed by atoms with E-state index in [9.17, 15) is 0 Å². The molecule has 0 atom stereocenters. The molecule has 2 rings (SSSR count). The zero-order valence-electron chi connectivity index (χ0n) is 13.0. The first-order valence-electron chi connectivity index (χ1n) is 7.71. The largest absolute Gasteiger partial charge is 0.494 e. The number of aryl methyl sites for hydroxylation is 1. The lowest BCUT2D eigenvalue weighted by Gasteiger charge is -2.08. The minimum absolute atomic E-state index is 0.715. The van der Waals surface area contributed by atoms with Gasteiger partial charge in [0, 0.05) is 30.8 Å². The highest BCUT2D eigenvalue weighted by molar-refractivity contribution is 5.20. The Bertz CT molecular complexity index is 522. The highest BCUT2D eigenvalue weighted by Gasteiger charge is 2.05. The first-order valence-corrected chi connectivity index (χ1v) is 7.71. The number of nitrogens with zero attached hydrogens (tertiary/aromatic N) is 2. The van der Waals surface area contributed by atoms with Gasteiger partial charge in [-0.3, -0.25) is 4.68 Å². The van der Waals surface area contributed by atoms with E-state index in [0.29, 0.717) is 6.61 Å². The van der Waals surface area contributed by atoms with E-state index in [2.05, 4.69) is 28.9 Å². The zero-order chi connectivity index (χ0) is 14.9. The summed E-state index contributed by atoms with van der Waals surface area (Å²) in [7, 11) is 0. The SMILES string of the molecule is CCCNCc1cnn(CCCOc2ccccc2)c1C. The average molecular weight is 287 g/mol. The Labute approximate surface area is 127 Å². The van der Waals surface area contributed by atoms with E-state index in [0.717, 1.165) is 38.2 Å². The molecule has 0 saturated carbocycles. The summed E-state index contributed by atoms with van der Waals surface area (Å²) in [5.41, 5.74) is 2.53. The van der Waals surface area contributed by atoms with Crippen molar-refractivity contribution in [3.8, 4) is 5.75 Å². The number of ether oxygens (including phenoxy) is 1. The summed E-state index contributed by atoms with van der Waals surface area (Å²) in [5.74, 6) is 0.930. The van der Waals surface area contributed by atoms with Crippen molar-refractivity contribution in [3.63, 3.8) is 0 Å². The molecular formula is C17H25N3O. The van der Waals surface area contributed by atoms with E-state index in [-0.39, 0.29) is 0 Å². The molecule has 0 fully saturated rings. The standard InChI is InChI=1S/C17H25N3O/c1-3-10-18-13-16-14-19-20(15(16)2)11-7-12-21-17-8-5-4-6-9-17/h4-6,8-9,14,18H,3,7,10-13H2,1-2H3. The van der Waals surface area contributed by atoms with Gasteiger partial charge in [0.2, 0.25) is 0 Å². The van der Waals surface area contributed by atoms with E-state index in [1.807, 2.05) is 36.5 Å². The Balaban J connectivity index is 1.73. The van der Waals surface area contributed by atoms with Gasteiger partial charge in [0.05, 0.1) is 12.8 Å². The highest BCUT2D eigenvalue weighted by atomic mass is 16.5. The van der Waals surface area contributed by atoms with E-state index >= 15 is 0 Å². The second-order valence-electron chi connectivity index (χ2n) is 5.17. The molecule has 0 radical (unpaired) electrons. The fraction of sp³-hybridized carbons (Fsp3) is 0.471. The first-order chi connectivity index (χ1) is 10.3. The molecule has 1 aromatic carbocycles. The van der Waals surface area contributed by atoms with Gasteiger partial charge in [-0.1, -0.05) is 25.1 Å². The fourth-order valence-electron chi connectivity index (χ4n) is 2.21. The number of hydrogen-bond acceptors (Lipinski definition) is 3. The minimum Gasteiger partial charge on any atom is -0.494 e. The normalized spacial score (nSPS) is 10.8. The summed E-state index contributed by atoms with van der Waals surface area (Å²) in [4.78, 5) is 0. The molecule has 4 heteroatoms. The Morgan fingerprint density at radius 2 is 2.05 bits per heavy atom. The molecule has 1 aromatic heterocycles. The van der Waals surface area contributed by atoms with Gasteiger partial charge in [-0.2, -0.15) is 5.10 Å². The third-order valence-electron chi connectivity index (χ3n) is 3.47. The lowest BCUT2D eigenvalue weighted by atomic mass is 10.2. The van der Waals surface area contributed by atoms with Crippen molar-refractivity contribution in [2.45, 2.75) is 39.8 Å². The monoisotopic (exact) mass is 287 g/mol. The fourth-order valence-corrected chi connectivity index (χ4v) is 2.21. The summed E-state index contributed by atoms with van der Waals surface area (Å²) >= 11 is 0. The van der Waals surface area contributed by atoms with Gasteiger partial charge >= 0.3 is 0 Å². The summed E-state index contributed by atoms with van der Waals surface area (Å²) in [6.45, 7) is 7.87. The van der Waals surface area contributed by atoms with Crippen LogP contribution >= 0.6 is 0 Å². The molecule has 0 spiro atoms. The third kappa shape index (κ3) is 4.90. The number of para-hydroxylation sites is 1. The quantitative estimate of drug-likeness (QED) is 0.720. The summed E-state index contributed by atoms with van der Waals surface area (Å²) in [5, 5.41) is 7.88. The van der Waals surface area contributed by atoms with Crippen molar-refractivity contribution in [1.82, 2.24) is 15.1 Å². The number of aromatic nitrogens is 2. The first kappa shape index (κ1) is 15.6. The average Bonchev–Trinajstić information content (AvgIpc) is 2.86. The maximum Gasteiger partial charge on any atom is 0.119 e. The van der Waals surface area contributed by atoms with Gasteiger partial charge in [-0.05, 0) is 32.0 Å². The molecule has 114 valence electrons. The van der Waals surface area contributed by atoms with Gasteiger partial charge in [0.1, 0.15) is 5.75 Å². The lowest BCUT2D eigenvalue weighted by molar-refractivity contribution is 0.298. The number of nitrogens with one attached hydrogen (secondary N) is 1. The van der Waals surface area contributed by atoms with Crippen LogP contribution < -0.4 is 10.1 Å². The van der Waals surface area contributed by atoms with Crippen LogP contribution in [0.2, 0.25) is 0 Å². The van der Waals surface area contributed by atoms with Crippen molar-refractivity contribution >= 4 is 0 Å². The molecule has 0 saturated heterocycles. The molecule has 0 unspecified atom stereocenters. The number of hydrogen-bond donors (Lipinski definition) is 1. The van der Waals surface area contributed by atoms with Crippen molar-refractivity contribution in [3.05, 3.63) is 47.8 Å². The van der Waals surface area contributed by atoms with Crippen molar-refractivity contribution in [1.29, 1.82) is 0 Å². The van der Waals surface area contributed by atoms with Gasteiger partial charge in [-0.25, -0.2) is 0 Å². The van der Waals surface area contributed by atoms with Crippen molar-refractivity contribution in [2.24, 2.45) is 0 Å². The van der Waals surface area contributed by atoms with Crippen molar-refractivity contribution < 1.29 is 4.74 Å². The Hall–Kier alpha value is -1.81. The van der Waals surface area contributed by atoms with Crippen LogP contribution in [0.15, 0.2) is 36.5 Å². The molecule has 1 N–H and O–H groups in total.